The van der Waals surface area contributed by atoms with Crippen molar-refractivity contribution in [1.82, 2.24) is 4.90 Å². The summed E-state index contributed by atoms with van der Waals surface area (Å²) in [5, 5.41) is 12.1. The molecule has 2 heteroatoms. The summed E-state index contributed by atoms with van der Waals surface area (Å²) in [5.41, 5.74) is 1.24. The summed E-state index contributed by atoms with van der Waals surface area (Å²) < 4.78 is 0. The summed E-state index contributed by atoms with van der Waals surface area (Å²) in [4.78, 5) is 2.16. The zero-order valence-corrected chi connectivity index (χ0v) is 12.7. The molecule has 0 radical (unpaired) electrons. The average molecular weight is 266 g/mol. The molecule has 0 bridgehead atoms. The predicted molar refractivity (Wildman–Crippen MR) is 84.3 cm³/mol. The summed E-state index contributed by atoms with van der Waals surface area (Å²) in [7, 11) is 4.11. The van der Waals surface area contributed by atoms with Crippen molar-refractivity contribution in [3.63, 3.8) is 0 Å². The first kappa shape index (κ1) is 14.6. The van der Waals surface area contributed by atoms with Crippen LogP contribution in [0.2, 0.25) is 0 Å². The third-order valence-corrected chi connectivity index (χ3v) is 3.91. The minimum atomic E-state index is -0.0178. The Labute approximate surface area is 121 Å². The van der Waals surface area contributed by atoms with Crippen LogP contribution >= 0.6 is 0 Å². The molecular weight excluding hydrogens is 244 g/mol. The lowest BCUT2D eigenvalue weighted by molar-refractivity contribution is 0.211. The number of hydrogen-bond donors (Lipinski definition) is 0. The molecule has 0 saturated carbocycles. The van der Waals surface area contributed by atoms with Crippen LogP contribution in [0.5, 0.6) is 0 Å². The van der Waals surface area contributed by atoms with Gasteiger partial charge in [0.15, 0.2) is 0 Å². The number of benzene rings is 2. The topological polar surface area (TPSA) is 27.0 Å². The smallest absolute Gasteiger partial charge is 0.0683 e. The van der Waals surface area contributed by atoms with Gasteiger partial charge < -0.3 is 4.90 Å². The van der Waals surface area contributed by atoms with E-state index in [1.165, 1.54) is 16.3 Å². The molecule has 2 unspecified atom stereocenters. The molecule has 2 atom stereocenters. The van der Waals surface area contributed by atoms with E-state index in [-0.39, 0.29) is 12.0 Å². The monoisotopic (exact) mass is 266 g/mol. The zero-order chi connectivity index (χ0) is 14.7. The molecule has 2 aromatic rings. The summed E-state index contributed by atoms with van der Waals surface area (Å²) in [6.07, 6.45) is 0. The maximum absolute atomic E-state index is 9.57. The van der Waals surface area contributed by atoms with E-state index in [4.69, 9.17) is 0 Å². The van der Waals surface area contributed by atoms with Crippen molar-refractivity contribution in [3.05, 3.63) is 48.0 Å². The van der Waals surface area contributed by atoms with Gasteiger partial charge in [-0.05, 0) is 36.3 Å². The first-order chi connectivity index (χ1) is 9.56. The Bertz CT molecular complexity index is 617. The third-order valence-electron chi connectivity index (χ3n) is 3.91. The lowest BCUT2D eigenvalue weighted by atomic mass is 9.83. The van der Waals surface area contributed by atoms with Gasteiger partial charge in [-0.1, -0.05) is 56.3 Å². The van der Waals surface area contributed by atoms with Gasteiger partial charge in [-0.25, -0.2) is 0 Å². The highest BCUT2D eigenvalue weighted by atomic mass is 15.1. The van der Waals surface area contributed by atoms with Gasteiger partial charge in [-0.3, -0.25) is 0 Å². The van der Waals surface area contributed by atoms with Gasteiger partial charge in [-0.2, -0.15) is 5.26 Å². The lowest BCUT2D eigenvalue weighted by Crippen LogP contribution is -2.29. The van der Waals surface area contributed by atoms with Gasteiger partial charge in [0.05, 0.1) is 18.0 Å². The summed E-state index contributed by atoms with van der Waals surface area (Å²) in [6.45, 7) is 4.24. The fourth-order valence-electron chi connectivity index (χ4n) is 2.89. The molecule has 0 N–H and O–H groups in total. The Hall–Kier alpha value is -1.85. The SMILES string of the molecule is CC(C)C(C#N)C(c1cccc2ccccc12)N(C)C. The minimum Gasteiger partial charge on any atom is -0.301 e. The van der Waals surface area contributed by atoms with Crippen molar-refractivity contribution in [1.29, 1.82) is 5.26 Å². The zero-order valence-electron chi connectivity index (χ0n) is 12.7. The van der Waals surface area contributed by atoms with Gasteiger partial charge in [0.25, 0.3) is 0 Å². The van der Waals surface area contributed by atoms with Crippen LogP contribution in [0.25, 0.3) is 10.8 Å². The molecule has 2 nitrogen and oxygen atoms in total. The Morgan fingerprint density at radius 2 is 1.65 bits per heavy atom. The first-order valence-electron chi connectivity index (χ1n) is 7.10. The van der Waals surface area contributed by atoms with E-state index in [2.05, 4.69) is 81.4 Å². The Morgan fingerprint density at radius 1 is 1.00 bits per heavy atom. The first-order valence-corrected chi connectivity index (χ1v) is 7.10. The molecule has 0 aliphatic rings. The number of nitriles is 1. The van der Waals surface area contributed by atoms with Gasteiger partial charge in [0.1, 0.15) is 0 Å². The van der Waals surface area contributed by atoms with E-state index < -0.39 is 0 Å². The number of fused-ring (bicyclic) bond motifs is 1. The maximum atomic E-state index is 9.57. The van der Waals surface area contributed by atoms with Crippen molar-refractivity contribution in [2.75, 3.05) is 14.1 Å². The van der Waals surface area contributed by atoms with Crippen molar-refractivity contribution in [3.8, 4) is 6.07 Å². The molecule has 0 aliphatic carbocycles. The molecule has 0 aromatic heterocycles. The van der Waals surface area contributed by atoms with Crippen molar-refractivity contribution in [2.24, 2.45) is 11.8 Å². The largest absolute Gasteiger partial charge is 0.301 e. The van der Waals surface area contributed by atoms with E-state index in [1.807, 2.05) is 0 Å². The summed E-state index contributed by atoms with van der Waals surface area (Å²) in [5.74, 6) is 0.308. The highest BCUT2D eigenvalue weighted by Gasteiger charge is 2.28. The van der Waals surface area contributed by atoms with Crippen LogP contribution in [0.1, 0.15) is 25.5 Å². The average Bonchev–Trinajstić information content (AvgIpc) is 2.43. The lowest BCUT2D eigenvalue weighted by Gasteiger charge is -2.32. The molecule has 20 heavy (non-hydrogen) atoms. The molecule has 0 aliphatic heterocycles. The minimum absolute atomic E-state index is 0.0178. The molecule has 104 valence electrons. The molecule has 2 rings (SSSR count). The van der Waals surface area contributed by atoms with E-state index >= 15 is 0 Å². The van der Waals surface area contributed by atoms with Crippen molar-refractivity contribution >= 4 is 10.8 Å². The van der Waals surface area contributed by atoms with Crippen LogP contribution in [0.3, 0.4) is 0 Å². The molecule has 2 aromatic carbocycles. The molecular formula is C18H22N2. The van der Waals surface area contributed by atoms with Crippen LogP contribution in [-0.4, -0.2) is 19.0 Å². The number of hydrogen-bond acceptors (Lipinski definition) is 2. The van der Waals surface area contributed by atoms with Crippen LogP contribution in [0, 0.1) is 23.2 Å². The van der Waals surface area contributed by atoms with E-state index in [0.29, 0.717) is 5.92 Å². The van der Waals surface area contributed by atoms with Gasteiger partial charge in [0, 0.05) is 0 Å². The predicted octanol–water partition coefficient (Wildman–Crippen LogP) is 4.24. The van der Waals surface area contributed by atoms with E-state index in [9.17, 15) is 5.26 Å². The Kier molecular flexibility index (Phi) is 4.42. The molecule has 0 spiro atoms. The van der Waals surface area contributed by atoms with Crippen LogP contribution in [0.4, 0.5) is 0 Å². The van der Waals surface area contributed by atoms with Crippen LogP contribution in [0.15, 0.2) is 42.5 Å². The second-order valence-electron chi connectivity index (χ2n) is 5.88. The standard InChI is InChI=1S/C18H22N2/c1-13(2)17(12-19)18(20(3)4)16-11-7-9-14-8-5-6-10-15(14)16/h5-11,13,17-18H,1-4H3. The van der Waals surface area contributed by atoms with Crippen molar-refractivity contribution < 1.29 is 0 Å². The fourth-order valence-corrected chi connectivity index (χ4v) is 2.89. The highest BCUT2D eigenvalue weighted by Crippen LogP contribution is 2.35. The van der Waals surface area contributed by atoms with Crippen LogP contribution in [-0.2, 0) is 0 Å². The Morgan fingerprint density at radius 3 is 2.25 bits per heavy atom. The molecule has 0 heterocycles. The Balaban J connectivity index is 2.61. The summed E-state index contributed by atoms with van der Waals surface area (Å²) in [6, 6.07) is 17.4. The second-order valence-corrected chi connectivity index (χ2v) is 5.88. The second kappa shape index (κ2) is 6.07. The maximum Gasteiger partial charge on any atom is 0.0683 e. The molecule has 0 amide bonds. The van der Waals surface area contributed by atoms with Crippen LogP contribution < -0.4 is 0 Å². The van der Waals surface area contributed by atoms with E-state index in [0.717, 1.165) is 0 Å². The van der Waals surface area contributed by atoms with E-state index in [1.54, 1.807) is 0 Å². The number of rotatable bonds is 4. The quantitative estimate of drug-likeness (QED) is 0.827. The van der Waals surface area contributed by atoms with Gasteiger partial charge >= 0.3 is 0 Å². The van der Waals surface area contributed by atoms with Gasteiger partial charge in [-0.15, -0.1) is 0 Å². The molecule has 0 fully saturated rings. The normalized spacial score (nSPS) is 14.4. The number of nitrogens with zero attached hydrogens (tertiary/aromatic N) is 2. The molecule has 0 saturated heterocycles. The van der Waals surface area contributed by atoms with Crippen molar-refractivity contribution in [2.45, 2.75) is 19.9 Å². The van der Waals surface area contributed by atoms with Gasteiger partial charge in [0.2, 0.25) is 0 Å². The summed E-state index contributed by atoms with van der Waals surface area (Å²) >= 11 is 0. The third kappa shape index (κ3) is 2.69. The highest BCUT2D eigenvalue weighted by molar-refractivity contribution is 5.86. The fraction of sp³-hybridized carbons (Fsp3) is 0.389.